The molecular formula is C18H18N2S. The number of nitrogens with zero attached hydrogens (tertiary/aromatic N) is 1. The molecule has 0 saturated heterocycles. The van der Waals surface area contributed by atoms with Gasteiger partial charge in [0.15, 0.2) is 5.13 Å². The maximum absolute atomic E-state index is 4.63. The Labute approximate surface area is 129 Å². The average Bonchev–Trinajstić information content (AvgIpc) is 2.96. The Balaban J connectivity index is 1.82. The number of aromatic nitrogens is 1. The van der Waals surface area contributed by atoms with Crippen LogP contribution in [-0.4, -0.2) is 11.0 Å². The van der Waals surface area contributed by atoms with Crippen molar-refractivity contribution in [3.8, 4) is 22.4 Å². The molecule has 3 heteroatoms. The normalized spacial score (nSPS) is 10.8. The molecule has 0 aliphatic heterocycles. The Kier molecular flexibility index (Phi) is 4.02. The summed E-state index contributed by atoms with van der Waals surface area (Å²) in [4.78, 5) is 4.63. The fourth-order valence-corrected chi connectivity index (χ4v) is 3.05. The summed E-state index contributed by atoms with van der Waals surface area (Å²) in [6.07, 6.45) is 0. The molecule has 0 amide bonds. The van der Waals surface area contributed by atoms with Crippen LogP contribution in [-0.2, 0) is 0 Å². The van der Waals surface area contributed by atoms with Gasteiger partial charge in [-0.3, -0.25) is 0 Å². The van der Waals surface area contributed by atoms with Gasteiger partial charge in [-0.05, 0) is 25.0 Å². The summed E-state index contributed by atoms with van der Waals surface area (Å²) in [7, 11) is 0. The van der Waals surface area contributed by atoms with Gasteiger partial charge < -0.3 is 5.32 Å². The van der Waals surface area contributed by atoms with E-state index in [4.69, 9.17) is 0 Å². The van der Waals surface area contributed by atoms with Gasteiger partial charge in [-0.25, -0.2) is 4.98 Å². The highest BCUT2D eigenvalue weighted by Crippen LogP contribution is 2.27. The van der Waals surface area contributed by atoms with E-state index in [2.05, 4.69) is 78.1 Å². The highest BCUT2D eigenvalue weighted by Gasteiger charge is 2.06. The molecule has 106 valence electrons. The first-order valence-electron chi connectivity index (χ1n) is 7.10. The quantitative estimate of drug-likeness (QED) is 0.706. The van der Waals surface area contributed by atoms with Crippen molar-refractivity contribution in [1.29, 1.82) is 0 Å². The number of nitrogens with one attached hydrogen (secondary N) is 1. The molecule has 0 fully saturated rings. The van der Waals surface area contributed by atoms with Crippen molar-refractivity contribution in [2.24, 2.45) is 0 Å². The molecule has 0 unspecified atom stereocenters. The summed E-state index contributed by atoms with van der Waals surface area (Å²) in [5.74, 6) is 0. The molecule has 3 aromatic rings. The van der Waals surface area contributed by atoms with E-state index in [1.54, 1.807) is 11.3 Å². The second-order valence-corrected chi connectivity index (χ2v) is 6.14. The minimum absolute atomic E-state index is 0.407. The number of benzene rings is 2. The molecule has 1 heterocycles. The highest BCUT2D eigenvalue weighted by atomic mass is 32.1. The third-order valence-corrected chi connectivity index (χ3v) is 3.98. The Morgan fingerprint density at radius 3 is 2.14 bits per heavy atom. The van der Waals surface area contributed by atoms with Crippen LogP contribution in [0.15, 0.2) is 60.0 Å². The van der Waals surface area contributed by atoms with E-state index >= 15 is 0 Å². The zero-order chi connectivity index (χ0) is 14.7. The predicted octanol–water partition coefficient (Wildman–Crippen LogP) is 5.30. The molecule has 0 aliphatic carbocycles. The van der Waals surface area contributed by atoms with Gasteiger partial charge in [0.2, 0.25) is 0 Å². The van der Waals surface area contributed by atoms with Crippen LogP contribution in [0.5, 0.6) is 0 Å². The van der Waals surface area contributed by atoms with Gasteiger partial charge in [-0.2, -0.15) is 0 Å². The van der Waals surface area contributed by atoms with Gasteiger partial charge in [0.25, 0.3) is 0 Å². The molecule has 0 atom stereocenters. The van der Waals surface area contributed by atoms with E-state index in [9.17, 15) is 0 Å². The number of hydrogen-bond donors (Lipinski definition) is 1. The van der Waals surface area contributed by atoms with Crippen LogP contribution in [0, 0.1) is 0 Å². The Morgan fingerprint density at radius 2 is 1.48 bits per heavy atom. The Bertz CT molecular complexity index is 700. The second kappa shape index (κ2) is 6.10. The molecule has 1 N–H and O–H groups in total. The summed E-state index contributed by atoms with van der Waals surface area (Å²) in [5, 5.41) is 6.42. The zero-order valence-corrected chi connectivity index (χ0v) is 13.0. The van der Waals surface area contributed by atoms with Crippen LogP contribution in [0.4, 0.5) is 5.13 Å². The van der Waals surface area contributed by atoms with Crippen molar-refractivity contribution in [3.63, 3.8) is 0 Å². The number of rotatable bonds is 4. The summed E-state index contributed by atoms with van der Waals surface area (Å²) in [6, 6.07) is 19.4. The van der Waals surface area contributed by atoms with E-state index in [1.807, 2.05) is 6.07 Å². The van der Waals surface area contributed by atoms with E-state index in [-0.39, 0.29) is 0 Å². The van der Waals surface area contributed by atoms with Gasteiger partial charge in [0, 0.05) is 17.0 Å². The largest absolute Gasteiger partial charge is 0.359 e. The highest BCUT2D eigenvalue weighted by molar-refractivity contribution is 7.14. The van der Waals surface area contributed by atoms with Gasteiger partial charge in [0.05, 0.1) is 5.69 Å². The van der Waals surface area contributed by atoms with Gasteiger partial charge in [-0.1, -0.05) is 54.6 Å². The van der Waals surface area contributed by atoms with E-state index in [1.165, 1.54) is 11.1 Å². The van der Waals surface area contributed by atoms with E-state index in [0.717, 1.165) is 16.4 Å². The maximum atomic E-state index is 4.63. The maximum Gasteiger partial charge on any atom is 0.183 e. The van der Waals surface area contributed by atoms with Crippen molar-refractivity contribution in [2.45, 2.75) is 19.9 Å². The lowest BCUT2D eigenvalue weighted by Crippen LogP contribution is -2.08. The minimum atomic E-state index is 0.407. The molecule has 0 spiro atoms. The van der Waals surface area contributed by atoms with Gasteiger partial charge in [-0.15, -0.1) is 11.3 Å². The van der Waals surface area contributed by atoms with E-state index < -0.39 is 0 Å². The summed E-state index contributed by atoms with van der Waals surface area (Å²) < 4.78 is 0. The van der Waals surface area contributed by atoms with E-state index in [0.29, 0.717) is 6.04 Å². The molecule has 2 nitrogen and oxygen atoms in total. The fourth-order valence-electron chi connectivity index (χ4n) is 2.18. The first-order chi connectivity index (χ1) is 10.2. The van der Waals surface area contributed by atoms with Crippen LogP contribution >= 0.6 is 11.3 Å². The standard InChI is InChI=1S/C18H18N2S/c1-13(2)19-18-20-17(12-21-18)16-10-8-15(9-11-16)14-6-4-3-5-7-14/h3-13H,1-2H3,(H,19,20). The Hall–Kier alpha value is -2.13. The number of thiazole rings is 1. The predicted molar refractivity (Wildman–Crippen MR) is 91.7 cm³/mol. The van der Waals surface area contributed by atoms with Crippen molar-refractivity contribution < 1.29 is 0 Å². The van der Waals surface area contributed by atoms with Crippen LogP contribution in [0.2, 0.25) is 0 Å². The van der Waals surface area contributed by atoms with Crippen molar-refractivity contribution in [2.75, 3.05) is 5.32 Å². The first-order valence-corrected chi connectivity index (χ1v) is 7.98. The third-order valence-electron chi connectivity index (χ3n) is 3.20. The molecule has 0 radical (unpaired) electrons. The van der Waals surface area contributed by atoms with Crippen molar-refractivity contribution >= 4 is 16.5 Å². The monoisotopic (exact) mass is 294 g/mol. The lowest BCUT2D eigenvalue weighted by molar-refractivity contribution is 0.897. The molecule has 3 rings (SSSR count). The summed E-state index contributed by atoms with van der Waals surface area (Å²) in [6.45, 7) is 4.24. The van der Waals surface area contributed by atoms with Crippen molar-refractivity contribution in [1.82, 2.24) is 4.98 Å². The molecule has 0 bridgehead atoms. The molecule has 1 aromatic heterocycles. The molecule has 21 heavy (non-hydrogen) atoms. The molecular weight excluding hydrogens is 276 g/mol. The fraction of sp³-hybridized carbons (Fsp3) is 0.167. The van der Waals surface area contributed by atoms with Crippen LogP contribution < -0.4 is 5.32 Å². The van der Waals surface area contributed by atoms with Crippen LogP contribution in [0.3, 0.4) is 0 Å². The average molecular weight is 294 g/mol. The number of hydrogen-bond acceptors (Lipinski definition) is 3. The minimum Gasteiger partial charge on any atom is -0.359 e. The van der Waals surface area contributed by atoms with Crippen molar-refractivity contribution in [3.05, 3.63) is 60.0 Å². The SMILES string of the molecule is CC(C)Nc1nc(-c2ccc(-c3ccccc3)cc2)cs1. The summed E-state index contributed by atoms with van der Waals surface area (Å²) in [5.41, 5.74) is 4.66. The summed E-state index contributed by atoms with van der Waals surface area (Å²) >= 11 is 1.65. The molecule has 0 saturated carbocycles. The molecule has 0 aliphatic rings. The topological polar surface area (TPSA) is 24.9 Å². The zero-order valence-electron chi connectivity index (χ0n) is 12.2. The third kappa shape index (κ3) is 3.31. The number of anilines is 1. The smallest absolute Gasteiger partial charge is 0.183 e. The first kappa shape index (κ1) is 13.8. The van der Waals surface area contributed by atoms with Crippen LogP contribution in [0.25, 0.3) is 22.4 Å². The lowest BCUT2D eigenvalue weighted by Gasteiger charge is -2.05. The Morgan fingerprint density at radius 1 is 0.857 bits per heavy atom. The van der Waals surface area contributed by atoms with Crippen LogP contribution in [0.1, 0.15) is 13.8 Å². The van der Waals surface area contributed by atoms with Gasteiger partial charge >= 0.3 is 0 Å². The second-order valence-electron chi connectivity index (χ2n) is 5.28. The van der Waals surface area contributed by atoms with Gasteiger partial charge in [0.1, 0.15) is 0 Å². The lowest BCUT2D eigenvalue weighted by atomic mass is 10.0. The molecule has 2 aromatic carbocycles.